The summed E-state index contributed by atoms with van der Waals surface area (Å²) in [5.41, 5.74) is 0.705. The van der Waals surface area contributed by atoms with Crippen molar-refractivity contribution in [1.29, 1.82) is 0 Å². The van der Waals surface area contributed by atoms with Gasteiger partial charge in [0.05, 0.1) is 0 Å². The fourth-order valence-electron chi connectivity index (χ4n) is 1.95. The molecular formula is C16H14F3NO2. The third kappa shape index (κ3) is 4.00. The fourth-order valence-corrected chi connectivity index (χ4v) is 1.95. The number of rotatable bonds is 5. The molecule has 0 N–H and O–H groups in total. The van der Waals surface area contributed by atoms with Crippen LogP contribution in [0.5, 0.6) is 5.75 Å². The van der Waals surface area contributed by atoms with Crippen molar-refractivity contribution < 1.29 is 22.7 Å². The Kier molecular flexibility index (Phi) is 5.04. The number of benzene rings is 2. The molecule has 116 valence electrons. The molecule has 3 nitrogen and oxygen atoms in total. The van der Waals surface area contributed by atoms with Crippen LogP contribution in [-0.4, -0.2) is 24.5 Å². The predicted molar refractivity (Wildman–Crippen MR) is 75.3 cm³/mol. The van der Waals surface area contributed by atoms with Gasteiger partial charge in [-0.25, -0.2) is 4.39 Å². The molecule has 0 spiro atoms. The lowest BCUT2D eigenvalue weighted by molar-refractivity contribution is -0.0498. The first-order chi connectivity index (χ1) is 10.5. The molecule has 0 atom stereocenters. The van der Waals surface area contributed by atoms with Gasteiger partial charge in [0.15, 0.2) is 0 Å². The van der Waals surface area contributed by atoms with Gasteiger partial charge < -0.3 is 9.64 Å². The number of halogens is 3. The van der Waals surface area contributed by atoms with Gasteiger partial charge in [0.2, 0.25) is 0 Å². The Morgan fingerprint density at radius 2 is 1.77 bits per heavy atom. The summed E-state index contributed by atoms with van der Waals surface area (Å²) in [6, 6.07) is 11.5. The van der Waals surface area contributed by atoms with E-state index in [1.54, 1.807) is 25.2 Å². The van der Waals surface area contributed by atoms with Gasteiger partial charge in [0, 0.05) is 24.7 Å². The highest BCUT2D eigenvalue weighted by Gasteiger charge is 2.14. The van der Waals surface area contributed by atoms with Crippen molar-refractivity contribution in [2.75, 3.05) is 7.05 Å². The summed E-state index contributed by atoms with van der Waals surface area (Å²) >= 11 is 0. The molecule has 0 saturated heterocycles. The van der Waals surface area contributed by atoms with Crippen molar-refractivity contribution in [2.24, 2.45) is 0 Å². The summed E-state index contributed by atoms with van der Waals surface area (Å²) in [6.07, 6.45) is 0. The largest absolute Gasteiger partial charge is 0.435 e. The summed E-state index contributed by atoms with van der Waals surface area (Å²) < 4.78 is 41.9. The van der Waals surface area contributed by atoms with E-state index in [2.05, 4.69) is 4.74 Å². The molecule has 0 heterocycles. The molecule has 0 aromatic heterocycles. The van der Waals surface area contributed by atoms with Crippen molar-refractivity contribution >= 4 is 5.91 Å². The quantitative estimate of drug-likeness (QED) is 0.843. The van der Waals surface area contributed by atoms with Crippen LogP contribution in [0.1, 0.15) is 15.9 Å². The second kappa shape index (κ2) is 6.98. The lowest BCUT2D eigenvalue weighted by Crippen LogP contribution is -2.26. The Bertz CT molecular complexity index is 644. The molecule has 2 aromatic rings. The van der Waals surface area contributed by atoms with E-state index in [0.29, 0.717) is 11.1 Å². The topological polar surface area (TPSA) is 29.5 Å². The third-order valence-electron chi connectivity index (χ3n) is 3.04. The maximum atomic E-state index is 13.6. The monoisotopic (exact) mass is 309 g/mol. The van der Waals surface area contributed by atoms with E-state index in [0.717, 1.165) is 0 Å². The summed E-state index contributed by atoms with van der Waals surface area (Å²) in [6.45, 7) is -2.80. The number of ether oxygens (including phenoxy) is 1. The number of hydrogen-bond acceptors (Lipinski definition) is 2. The average molecular weight is 309 g/mol. The van der Waals surface area contributed by atoms with Crippen LogP contribution in [0.3, 0.4) is 0 Å². The van der Waals surface area contributed by atoms with Gasteiger partial charge in [-0.05, 0) is 30.3 Å². The van der Waals surface area contributed by atoms with Crippen LogP contribution in [0.15, 0.2) is 48.5 Å². The molecule has 0 aliphatic rings. The molecule has 2 rings (SSSR count). The highest BCUT2D eigenvalue weighted by Crippen LogP contribution is 2.17. The molecule has 1 amide bonds. The molecule has 0 unspecified atom stereocenters. The molecule has 0 fully saturated rings. The highest BCUT2D eigenvalue weighted by molar-refractivity contribution is 5.94. The molecule has 22 heavy (non-hydrogen) atoms. The van der Waals surface area contributed by atoms with Crippen LogP contribution in [-0.2, 0) is 6.54 Å². The number of alkyl halides is 2. The van der Waals surface area contributed by atoms with E-state index in [1.807, 2.05) is 0 Å². The number of nitrogens with zero attached hydrogens (tertiary/aromatic N) is 1. The van der Waals surface area contributed by atoms with Crippen LogP contribution < -0.4 is 4.74 Å². The van der Waals surface area contributed by atoms with Crippen LogP contribution in [0.2, 0.25) is 0 Å². The van der Waals surface area contributed by atoms with Gasteiger partial charge in [-0.1, -0.05) is 18.2 Å². The zero-order valence-corrected chi connectivity index (χ0v) is 11.8. The van der Waals surface area contributed by atoms with Gasteiger partial charge in [0.1, 0.15) is 11.6 Å². The SMILES string of the molecule is CN(Cc1ccccc1F)C(=O)c1ccc(OC(F)F)cc1. The lowest BCUT2D eigenvalue weighted by atomic mass is 10.1. The van der Waals surface area contributed by atoms with Crippen LogP contribution in [0, 0.1) is 5.82 Å². The van der Waals surface area contributed by atoms with E-state index >= 15 is 0 Å². The van der Waals surface area contributed by atoms with E-state index in [4.69, 9.17) is 0 Å². The molecule has 0 aliphatic carbocycles. The number of carbonyl (C=O) groups excluding carboxylic acids is 1. The molecule has 0 bridgehead atoms. The van der Waals surface area contributed by atoms with Gasteiger partial charge in [0.25, 0.3) is 5.91 Å². The minimum absolute atomic E-state index is 0.0247. The molecule has 0 radical (unpaired) electrons. The van der Waals surface area contributed by atoms with Crippen molar-refractivity contribution in [2.45, 2.75) is 13.2 Å². The van der Waals surface area contributed by atoms with Crippen molar-refractivity contribution in [3.63, 3.8) is 0 Å². The predicted octanol–water partition coefficient (Wildman–Crippen LogP) is 3.70. The van der Waals surface area contributed by atoms with Gasteiger partial charge in [-0.2, -0.15) is 8.78 Å². The first-order valence-corrected chi connectivity index (χ1v) is 6.51. The number of carbonyl (C=O) groups is 1. The Labute approximate surface area is 125 Å². The smallest absolute Gasteiger partial charge is 0.387 e. The van der Waals surface area contributed by atoms with Crippen molar-refractivity contribution in [1.82, 2.24) is 4.90 Å². The zero-order valence-electron chi connectivity index (χ0n) is 11.8. The Balaban J connectivity index is 2.06. The Morgan fingerprint density at radius 3 is 2.36 bits per heavy atom. The maximum Gasteiger partial charge on any atom is 0.387 e. The number of hydrogen-bond donors (Lipinski definition) is 0. The van der Waals surface area contributed by atoms with E-state index in [-0.39, 0.29) is 24.0 Å². The van der Waals surface area contributed by atoms with E-state index < -0.39 is 6.61 Å². The van der Waals surface area contributed by atoms with Crippen molar-refractivity contribution in [3.8, 4) is 5.75 Å². The molecular weight excluding hydrogens is 295 g/mol. The van der Waals surface area contributed by atoms with Gasteiger partial charge >= 0.3 is 6.61 Å². The fraction of sp³-hybridized carbons (Fsp3) is 0.188. The molecule has 0 saturated carbocycles. The summed E-state index contributed by atoms with van der Waals surface area (Å²) in [4.78, 5) is 13.6. The zero-order chi connectivity index (χ0) is 16.1. The second-order valence-electron chi connectivity index (χ2n) is 4.66. The average Bonchev–Trinajstić information content (AvgIpc) is 2.49. The van der Waals surface area contributed by atoms with Crippen LogP contribution in [0.25, 0.3) is 0 Å². The molecule has 6 heteroatoms. The second-order valence-corrected chi connectivity index (χ2v) is 4.66. The van der Waals surface area contributed by atoms with E-state index in [9.17, 15) is 18.0 Å². The summed E-state index contributed by atoms with van der Waals surface area (Å²) in [5.74, 6) is -0.752. The lowest BCUT2D eigenvalue weighted by Gasteiger charge is -2.18. The molecule has 0 aliphatic heterocycles. The molecule has 2 aromatic carbocycles. The third-order valence-corrected chi connectivity index (χ3v) is 3.04. The Hall–Kier alpha value is -2.50. The summed E-state index contributed by atoms with van der Waals surface area (Å²) in [5, 5.41) is 0. The minimum Gasteiger partial charge on any atom is -0.435 e. The normalized spacial score (nSPS) is 10.6. The highest BCUT2D eigenvalue weighted by atomic mass is 19.3. The first kappa shape index (κ1) is 15.9. The first-order valence-electron chi connectivity index (χ1n) is 6.51. The standard InChI is InChI=1S/C16H14F3NO2/c1-20(10-12-4-2-3-5-14(12)17)15(21)11-6-8-13(9-7-11)22-16(18)19/h2-9,16H,10H2,1H3. The van der Waals surface area contributed by atoms with Crippen LogP contribution in [0.4, 0.5) is 13.2 Å². The number of amides is 1. The minimum atomic E-state index is -2.91. The van der Waals surface area contributed by atoms with Crippen molar-refractivity contribution in [3.05, 3.63) is 65.5 Å². The van der Waals surface area contributed by atoms with Gasteiger partial charge in [-0.3, -0.25) is 4.79 Å². The van der Waals surface area contributed by atoms with E-state index in [1.165, 1.54) is 35.2 Å². The summed E-state index contributed by atoms with van der Waals surface area (Å²) in [7, 11) is 1.54. The maximum absolute atomic E-state index is 13.6. The van der Waals surface area contributed by atoms with Gasteiger partial charge in [-0.15, -0.1) is 0 Å². The van der Waals surface area contributed by atoms with Crippen LogP contribution >= 0.6 is 0 Å². The Morgan fingerprint density at radius 1 is 1.14 bits per heavy atom.